The Bertz CT molecular complexity index is 839. The second-order valence-electron chi connectivity index (χ2n) is 5.59. The van der Waals surface area contributed by atoms with Crippen molar-refractivity contribution < 1.29 is 9.53 Å². The van der Waals surface area contributed by atoms with Crippen LogP contribution in [0.5, 0.6) is 5.75 Å². The molecule has 0 radical (unpaired) electrons. The van der Waals surface area contributed by atoms with Gasteiger partial charge in [-0.3, -0.25) is 4.79 Å². The maximum atomic E-state index is 12.2. The summed E-state index contributed by atoms with van der Waals surface area (Å²) >= 11 is 5.89. The lowest BCUT2D eigenvalue weighted by Crippen LogP contribution is -2.25. The quantitative estimate of drug-likeness (QED) is 0.861. The first-order chi connectivity index (χ1) is 11.5. The number of ether oxygens (including phenoxy) is 1. The molecule has 0 saturated heterocycles. The van der Waals surface area contributed by atoms with Crippen molar-refractivity contribution in [3.8, 4) is 5.75 Å². The molecule has 4 nitrogen and oxygen atoms in total. The highest BCUT2D eigenvalue weighted by Gasteiger charge is 2.20. The van der Waals surface area contributed by atoms with Crippen molar-refractivity contribution in [1.29, 1.82) is 0 Å². The van der Waals surface area contributed by atoms with Crippen LogP contribution in [0.3, 0.4) is 0 Å². The van der Waals surface area contributed by atoms with E-state index in [1.807, 2.05) is 49.4 Å². The van der Waals surface area contributed by atoms with Crippen molar-refractivity contribution in [2.75, 3.05) is 7.11 Å². The molecular weight excluding hydrogens is 324 g/mol. The van der Waals surface area contributed by atoms with Gasteiger partial charge in [0.2, 0.25) is 0 Å². The van der Waals surface area contributed by atoms with Gasteiger partial charge in [0, 0.05) is 17.0 Å². The molecule has 24 heavy (non-hydrogen) atoms. The molecule has 0 aromatic heterocycles. The van der Waals surface area contributed by atoms with Crippen molar-refractivity contribution in [3.63, 3.8) is 0 Å². The second kappa shape index (κ2) is 6.89. The molecule has 2 aromatic carbocycles. The van der Waals surface area contributed by atoms with E-state index in [0.717, 1.165) is 16.7 Å². The first kappa shape index (κ1) is 16.3. The Hall–Kier alpha value is -2.59. The van der Waals surface area contributed by atoms with Crippen LogP contribution in [0.1, 0.15) is 16.7 Å². The van der Waals surface area contributed by atoms with E-state index in [4.69, 9.17) is 16.3 Å². The highest BCUT2D eigenvalue weighted by Crippen LogP contribution is 2.24. The molecule has 0 spiro atoms. The van der Waals surface area contributed by atoms with Gasteiger partial charge in [0.15, 0.2) is 0 Å². The third-order valence-electron chi connectivity index (χ3n) is 3.71. The van der Waals surface area contributed by atoms with Crippen molar-refractivity contribution in [1.82, 2.24) is 5.32 Å². The summed E-state index contributed by atoms with van der Waals surface area (Å²) in [5.74, 6) is 1.13. The van der Waals surface area contributed by atoms with Crippen LogP contribution in [0.25, 0.3) is 6.08 Å². The highest BCUT2D eigenvalue weighted by atomic mass is 35.5. The Morgan fingerprint density at radius 3 is 2.67 bits per heavy atom. The Morgan fingerprint density at radius 1 is 1.21 bits per heavy atom. The lowest BCUT2D eigenvalue weighted by Gasteiger charge is -2.05. The van der Waals surface area contributed by atoms with Gasteiger partial charge >= 0.3 is 0 Å². The minimum absolute atomic E-state index is 0.206. The monoisotopic (exact) mass is 340 g/mol. The van der Waals surface area contributed by atoms with Crippen molar-refractivity contribution >= 4 is 29.4 Å². The molecule has 1 aliphatic heterocycles. The zero-order valence-corrected chi connectivity index (χ0v) is 14.2. The van der Waals surface area contributed by atoms with Crippen molar-refractivity contribution in [2.24, 2.45) is 4.99 Å². The van der Waals surface area contributed by atoms with Crippen molar-refractivity contribution in [3.05, 3.63) is 69.9 Å². The highest BCUT2D eigenvalue weighted by molar-refractivity contribution is 6.30. The molecular formula is C19H17ClN2O2. The van der Waals surface area contributed by atoms with E-state index in [-0.39, 0.29) is 5.91 Å². The minimum Gasteiger partial charge on any atom is -0.496 e. The fraction of sp³-hybridized carbons (Fsp3) is 0.158. The lowest BCUT2D eigenvalue weighted by atomic mass is 10.1. The van der Waals surface area contributed by atoms with Gasteiger partial charge in [-0.1, -0.05) is 35.4 Å². The molecule has 5 heteroatoms. The van der Waals surface area contributed by atoms with E-state index in [2.05, 4.69) is 10.3 Å². The van der Waals surface area contributed by atoms with Crippen LogP contribution in [-0.4, -0.2) is 18.9 Å². The lowest BCUT2D eigenvalue weighted by molar-refractivity contribution is -0.115. The zero-order valence-electron chi connectivity index (χ0n) is 13.5. The maximum absolute atomic E-state index is 12.2. The molecule has 2 aromatic rings. The fourth-order valence-corrected chi connectivity index (χ4v) is 2.64. The van der Waals surface area contributed by atoms with E-state index in [0.29, 0.717) is 28.7 Å². The van der Waals surface area contributed by atoms with Gasteiger partial charge in [0.05, 0.1) is 7.11 Å². The Balaban J connectivity index is 1.86. The molecule has 1 amide bonds. The number of benzene rings is 2. The fourth-order valence-electron chi connectivity index (χ4n) is 2.51. The predicted octanol–water partition coefficient (Wildman–Crippen LogP) is 3.77. The van der Waals surface area contributed by atoms with Crippen LogP contribution in [0.4, 0.5) is 0 Å². The summed E-state index contributed by atoms with van der Waals surface area (Å²) in [6.07, 6.45) is 2.29. The summed E-state index contributed by atoms with van der Waals surface area (Å²) in [5, 5.41) is 3.49. The predicted molar refractivity (Wildman–Crippen MR) is 96.4 cm³/mol. The van der Waals surface area contributed by atoms with Gasteiger partial charge in [0.25, 0.3) is 5.91 Å². The van der Waals surface area contributed by atoms with Crippen LogP contribution >= 0.6 is 11.6 Å². The molecule has 1 heterocycles. The summed E-state index contributed by atoms with van der Waals surface area (Å²) in [5.41, 5.74) is 3.33. The van der Waals surface area contributed by atoms with Crippen LogP contribution in [0.2, 0.25) is 5.02 Å². The summed E-state index contributed by atoms with van der Waals surface area (Å²) < 4.78 is 5.34. The molecule has 3 rings (SSSR count). The smallest absolute Gasteiger partial charge is 0.275 e. The van der Waals surface area contributed by atoms with Crippen LogP contribution < -0.4 is 10.1 Å². The Labute approximate surface area is 145 Å². The third kappa shape index (κ3) is 3.66. The first-order valence-electron chi connectivity index (χ1n) is 7.55. The Morgan fingerprint density at radius 2 is 1.96 bits per heavy atom. The van der Waals surface area contributed by atoms with Gasteiger partial charge in [-0.25, -0.2) is 4.99 Å². The summed E-state index contributed by atoms with van der Waals surface area (Å²) in [4.78, 5) is 16.6. The number of nitrogens with one attached hydrogen (secondary N) is 1. The van der Waals surface area contributed by atoms with E-state index in [1.165, 1.54) is 0 Å². The van der Waals surface area contributed by atoms with E-state index < -0.39 is 0 Å². The average Bonchev–Trinajstić information content (AvgIpc) is 2.89. The maximum Gasteiger partial charge on any atom is 0.275 e. The number of amides is 1. The SMILES string of the molecule is COc1ccc(C)cc1/C=C1/N=C(Cc2ccc(Cl)cc2)NC1=O. The second-order valence-corrected chi connectivity index (χ2v) is 6.03. The molecule has 0 saturated carbocycles. The Kier molecular flexibility index (Phi) is 4.67. The number of halogens is 1. The number of aliphatic imine (C=N–C) groups is 1. The van der Waals surface area contributed by atoms with E-state index in [1.54, 1.807) is 13.2 Å². The number of methoxy groups -OCH3 is 1. The van der Waals surface area contributed by atoms with Gasteiger partial charge in [-0.15, -0.1) is 0 Å². The van der Waals surface area contributed by atoms with E-state index in [9.17, 15) is 4.79 Å². The van der Waals surface area contributed by atoms with Crippen LogP contribution in [0.15, 0.2) is 53.2 Å². The van der Waals surface area contributed by atoms with E-state index >= 15 is 0 Å². The molecule has 122 valence electrons. The first-order valence-corrected chi connectivity index (χ1v) is 7.92. The summed E-state index contributed by atoms with van der Waals surface area (Å²) in [6, 6.07) is 13.3. The van der Waals surface area contributed by atoms with Crippen LogP contribution in [-0.2, 0) is 11.2 Å². The van der Waals surface area contributed by atoms with Gasteiger partial charge in [-0.2, -0.15) is 0 Å². The molecule has 0 bridgehead atoms. The van der Waals surface area contributed by atoms with Crippen LogP contribution in [0, 0.1) is 6.92 Å². The molecule has 0 fully saturated rings. The van der Waals surface area contributed by atoms with Gasteiger partial charge in [0.1, 0.15) is 17.3 Å². The van der Waals surface area contributed by atoms with Gasteiger partial charge in [-0.05, 0) is 42.8 Å². The van der Waals surface area contributed by atoms with Crippen molar-refractivity contribution in [2.45, 2.75) is 13.3 Å². The number of amidine groups is 1. The summed E-state index contributed by atoms with van der Waals surface area (Å²) in [6.45, 7) is 1.99. The number of rotatable bonds is 4. The number of carbonyl (C=O) groups is 1. The molecule has 0 aliphatic carbocycles. The minimum atomic E-state index is -0.206. The molecule has 1 aliphatic rings. The average molecular weight is 341 g/mol. The number of aryl methyl sites for hydroxylation is 1. The topological polar surface area (TPSA) is 50.7 Å². The number of hydrogen-bond acceptors (Lipinski definition) is 3. The number of hydrogen-bond donors (Lipinski definition) is 1. The number of nitrogens with zero attached hydrogens (tertiary/aromatic N) is 1. The number of carbonyl (C=O) groups excluding carboxylic acids is 1. The van der Waals surface area contributed by atoms with Gasteiger partial charge < -0.3 is 10.1 Å². The zero-order chi connectivity index (χ0) is 17.1. The normalized spacial score (nSPS) is 15.4. The third-order valence-corrected chi connectivity index (χ3v) is 3.96. The molecule has 0 atom stereocenters. The summed E-state index contributed by atoms with van der Waals surface area (Å²) in [7, 11) is 1.61. The standard InChI is InChI=1S/C19H17ClN2O2/c1-12-3-8-17(24-2)14(9-12)11-16-19(23)22-18(21-16)10-13-4-6-15(20)7-5-13/h3-9,11H,10H2,1-2H3,(H,21,22,23)/b16-11+. The molecule has 0 unspecified atom stereocenters. The molecule has 1 N–H and O–H groups in total. The largest absolute Gasteiger partial charge is 0.496 e.